The molecule has 0 aliphatic rings. The normalized spacial score (nSPS) is 10.4. The Hall–Kier alpha value is -0.670. The second-order valence-corrected chi connectivity index (χ2v) is 4.25. The predicted octanol–water partition coefficient (Wildman–Crippen LogP) is 3.49. The zero-order valence-corrected chi connectivity index (χ0v) is 10.3. The van der Waals surface area contributed by atoms with Crippen molar-refractivity contribution < 1.29 is 9.90 Å². The molecule has 1 aromatic rings. The number of hydrogen-bond acceptors (Lipinski definition) is 3. The SMILES string of the molecule is CCCc1cc(Cl)c(S)c(C(C)=O)c1O. The van der Waals surface area contributed by atoms with Crippen molar-refractivity contribution in [2.75, 3.05) is 0 Å². The quantitative estimate of drug-likeness (QED) is 0.631. The van der Waals surface area contributed by atoms with Crippen LogP contribution in [-0.2, 0) is 6.42 Å². The minimum atomic E-state index is -0.225. The van der Waals surface area contributed by atoms with E-state index >= 15 is 0 Å². The second-order valence-electron chi connectivity index (χ2n) is 3.40. The van der Waals surface area contributed by atoms with Crippen molar-refractivity contribution in [1.82, 2.24) is 0 Å². The molecule has 0 unspecified atom stereocenters. The average Bonchev–Trinajstić information content (AvgIpc) is 2.14. The Morgan fingerprint density at radius 2 is 2.20 bits per heavy atom. The van der Waals surface area contributed by atoms with Gasteiger partial charge in [0.1, 0.15) is 5.75 Å². The van der Waals surface area contributed by atoms with Crippen LogP contribution in [0.15, 0.2) is 11.0 Å². The van der Waals surface area contributed by atoms with E-state index in [1.807, 2.05) is 6.92 Å². The van der Waals surface area contributed by atoms with Gasteiger partial charge in [-0.2, -0.15) is 0 Å². The fraction of sp³-hybridized carbons (Fsp3) is 0.364. The fourth-order valence-electron chi connectivity index (χ4n) is 1.48. The molecule has 0 bridgehead atoms. The number of halogens is 1. The number of carbonyl (C=O) groups is 1. The highest BCUT2D eigenvalue weighted by Gasteiger charge is 2.17. The smallest absolute Gasteiger partial charge is 0.164 e. The summed E-state index contributed by atoms with van der Waals surface area (Å²) in [5.41, 5.74) is 0.916. The van der Waals surface area contributed by atoms with Crippen LogP contribution in [-0.4, -0.2) is 10.9 Å². The van der Waals surface area contributed by atoms with Crippen LogP contribution in [0.3, 0.4) is 0 Å². The number of carbonyl (C=O) groups excluding carboxylic acids is 1. The van der Waals surface area contributed by atoms with Crippen LogP contribution in [0, 0.1) is 0 Å². The molecule has 0 atom stereocenters. The maximum atomic E-state index is 11.3. The van der Waals surface area contributed by atoms with Gasteiger partial charge in [-0.25, -0.2) is 0 Å². The lowest BCUT2D eigenvalue weighted by atomic mass is 10.0. The summed E-state index contributed by atoms with van der Waals surface area (Å²) in [6.07, 6.45) is 1.58. The molecule has 1 aromatic carbocycles. The van der Waals surface area contributed by atoms with Gasteiger partial charge in [-0.3, -0.25) is 4.79 Å². The maximum absolute atomic E-state index is 11.3. The molecule has 0 amide bonds. The monoisotopic (exact) mass is 244 g/mol. The van der Waals surface area contributed by atoms with E-state index in [9.17, 15) is 9.90 Å². The molecule has 0 aromatic heterocycles. The Labute approximate surface area is 99.7 Å². The average molecular weight is 245 g/mol. The molecule has 4 heteroatoms. The molecular formula is C11H13ClO2S. The largest absolute Gasteiger partial charge is 0.507 e. The molecule has 0 radical (unpaired) electrons. The number of hydrogen-bond donors (Lipinski definition) is 2. The minimum absolute atomic E-state index is 0.0127. The van der Waals surface area contributed by atoms with E-state index in [1.54, 1.807) is 6.07 Å². The van der Waals surface area contributed by atoms with Crippen molar-refractivity contribution >= 4 is 30.0 Å². The third kappa shape index (κ3) is 2.47. The van der Waals surface area contributed by atoms with E-state index in [0.717, 1.165) is 6.42 Å². The van der Waals surface area contributed by atoms with Gasteiger partial charge in [0.05, 0.1) is 10.6 Å². The van der Waals surface area contributed by atoms with Crippen LogP contribution in [0.2, 0.25) is 5.02 Å². The van der Waals surface area contributed by atoms with Gasteiger partial charge in [0, 0.05) is 4.90 Å². The highest BCUT2D eigenvalue weighted by atomic mass is 35.5. The van der Waals surface area contributed by atoms with Crippen molar-refractivity contribution in [1.29, 1.82) is 0 Å². The zero-order valence-electron chi connectivity index (χ0n) is 8.67. The minimum Gasteiger partial charge on any atom is -0.507 e. The highest BCUT2D eigenvalue weighted by Crippen LogP contribution is 2.35. The summed E-state index contributed by atoms with van der Waals surface area (Å²) in [6, 6.07) is 1.66. The van der Waals surface area contributed by atoms with Gasteiger partial charge in [-0.15, -0.1) is 12.6 Å². The lowest BCUT2D eigenvalue weighted by Gasteiger charge is -2.11. The summed E-state index contributed by atoms with van der Waals surface area (Å²) < 4.78 is 0. The molecule has 0 heterocycles. The van der Waals surface area contributed by atoms with E-state index in [2.05, 4.69) is 12.6 Å². The van der Waals surface area contributed by atoms with Gasteiger partial charge in [0.2, 0.25) is 0 Å². The number of thiol groups is 1. The molecule has 0 aliphatic heterocycles. The van der Waals surface area contributed by atoms with E-state index in [0.29, 0.717) is 21.9 Å². The Morgan fingerprint density at radius 3 is 2.67 bits per heavy atom. The van der Waals surface area contributed by atoms with Crippen LogP contribution in [0.5, 0.6) is 5.75 Å². The van der Waals surface area contributed by atoms with Gasteiger partial charge in [-0.1, -0.05) is 24.9 Å². The molecule has 2 nitrogen and oxygen atoms in total. The summed E-state index contributed by atoms with van der Waals surface area (Å²) in [6.45, 7) is 3.39. The number of phenols is 1. The predicted molar refractivity (Wildman–Crippen MR) is 64.4 cm³/mol. The number of Topliss-reactive ketones (excluding diaryl/α,β-unsaturated/α-hetero) is 1. The van der Waals surface area contributed by atoms with Crippen molar-refractivity contribution in [2.45, 2.75) is 31.6 Å². The number of ketones is 1. The van der Waals surface area contributed by atoms with Gasteiger partial charge in [0.25, 0.3) is 0 Å². The Kier molecular flexibility index (Phi) is 4.05. The maximum Gasteiger partial charge on any atom is 0.164 e. The fourth-order valence-corrected chi connectivity index (χ4v) is 2.03. The van der Waals surface area contributed by atoms with Crippen LogP contribution < -0.4 is 0 Å². The van der Waals surface area contributed by atoms with Gasteiger partial charge >= 0.3 is 0 Å². The van der Waals surface area contributed by atoms with Crippen LogP contribution in [0.25, 0.3) is 0 Å². The Bertz CT molecular complexity index is 402. The number of benzene rings is 1. The van der Waals surface area contributed by atoms with Crippen LogP contribution in [0.1, 0.15) is 36.2 Å². The molecule has 0 saturated carbocycles. The molecule has 1 rings (SSSR count). The lowest BCUT2D eigenvalue weighted by Crippen LogP contribution is -1.99. The van der Waals surface area contributed by atoms with Gasteiger partial charge in [-0.05, 0) is 25.0 Å². The number of rotatable bonds is 3. The molecule has 82 valence electrons. The molecule has 0 spiro atoms. The zero-order chi connectivity index (χ0) is 11.6. The van der Waals surface area contributed by atoms with E-state index in [-0.39, 0.29) is 17.1 Å². The molecular weight excluding hydrogens is 232 g/mol. The molecule has 15 heavy (non-hydrogen) atoms. The van der Waals surface area contributed by atoms with E-state index in [4.69, 9.17) is 11.6 Å². The molecule has 0 aliphatic carbocycles. The number of aryl methyl sites for hydroxylation is 1. The summed E-state index contributed by atoms with van der Waals surface area (Å²) >= 11 is 10.1. The van der Waals surface area contributed by atoms with Gasteiger partial charge in [0.15, 0.2) is 5.78 Å². The molecule has 0 saturated heterocycles. The summed E-state index contributed by atoms with van der Waals surface area (Å²) in [5, 5.41) is 10.3. The van der Waals surface area contributed by atoms with E-state index in [1.165, 1.54) is 6.92 Å². The van der Waals surface area contributed by atoms with Crippen LogP contribution in [0.4, 0.5) is 0 Å². The third-order valence-electron chi connectivity index (χ3n) is 2.18. The number of phenolic OH excluding ortho intramolecular Hbond substituents is 1. The Morgan fingerprint density at radius 1 is 1.60 bits per heavy atom. The first-order chi connectivity index (χ1) is 6.99. The molecule has 0 fully saturated rings. The van der Waals surface area contributed by atoms with Crippen LogP contribution >= 0.6 is 24.2 Å². The first-order valence-corrected chi connectivity index (χ1v) is 5.55. The molecule has 1 N–H and O–H groups in total. The van der Waals surface area contributed by atoms with Crippen molar-refractivity contribution in [3.8, 4) is 5.75 Å². The summed E-state index contributed by atoms with van der Waals surface area (Å²) in [4.78, 5) is 11.7. The summed E-state index contributed by atoms with van der Waals surface area (Å²) in [5.74, 6) is -0.212. The first kappa shape index (κ1) is 12.4. The topological polar surface area (TPSA) is 37.3 Å². The van der Waals surface area contributed by atoms with E-state index < -0.39 is 0 Å². The standard InChI is InChI=1S/C11H13ClO2S/c1-3-4-7-5-8(12)11(15)9(6(2)13)10(7)14/h5,14-15H,3-4H2,1-2H3. The third-order valence-corrected chi connectivity index (χ3v) is 3.07. The van der Waals surface area contributed by atoms with Gasteiger partial charge < -0.3 is 5.11 Å². The lowest BCUT2D eigenvalue weighted by molar-refractivity contribution is 0.101. The first-order valence-electron chi connectivity index (χ1n) is 4.73. The number of aromatic hydroxyl groups is 1. The van der Waals surface area contributed by atoms with Crippen molar-refractivity contribution in [3.63, 3.8) is 0 Å². The van der Waals surface area contributed by atoms with Crippen molar-refractivity contribution in [2.24, 2.45) is 0 Å². The summed E-state index contributed by atoms with van der Waals surface area (Å²) in [7, 11) is 0. The Balaban J connectivity index is 3.42. The van der Waals surface area contributed by atoms with Crippen molar-refractivity contribution in [3.05, 3.63) is 22.2 Å². The second kappa shape index (κ2) is 4.90. The highest BCUT2D eigenvalue weighted by molar-refractivity contribution is 7.80.